The topological polar surface area (TPSA) is 20.2 Å². The standard InChI is InChI=1S/C7H14OS/c1-6(8)4-7-2-3-9-5-7/h6-8H,2-5H2,1H3/t6-,7?/m1/s1. The van der Waals surface area contributed by atoms with E-state index in [2.05, 4.69) is 0 Å². The third kappa shape index (κ3) is 2.59. The van der Waals surface area contributed by atoms with Gasteiger partial charge in [0.2, 0.25) is 0 Å². The molecule has 0 bridgehead atoms. The van der Waals surface area contributed by atoms with E-state index >= 15 is 0 Å². The molecule has 0 aliphatic carbocycles. The van der Waals surface area contributed by atoms with E-state index in [0.29, 0.717) is 0 Å². The Morgan fingerprint density at radius 3 is 3.00 bits per heavy atom. The Labute approximate surface area is 60.8 Å². The third-order valence-electron chi connectivity index (χ3n) is 1.70. The summed E-state index contributed by atoms with van der Waals surface area (Å²) in [5, 5.41) is 9.00. The van der Waals surface area contributed by atoms with Crippen LogP contribution in [0.3, 0.4) is 0 Å². The molecule has 54 valence electrons. The number of thioether (sulfide) groups is 1. The van der Waals surface area contributed by atoms with Crippen molar-refractivity contribution in [3.05, 3.63) is 0 Å². The van der Waals surface area contributed by atoms with Gasteiger partial charge in [-0.3, -0.25) is 0 Å². The van der Waals surface area contributed by atoms with Crippen LogP contribution in [-0.2, 0) is 0 Å². The van der Waals surface area contributed by atoms with Gasteiger partial charge < -0.3 is 5.11 Å². The largest absolute Gasteiger partial charge is 0.393 e. The maximum atomic E-state index is 9.00. The van der Waals surface area contributed by atoms with Crippen LogP contribution in [0.1, 0.15) is 19.8 Å². The second-order valence-electron chi connectivity index (χ2n) is 2.81. The molecule has 0 spiro atoms. The average molecular weight is 146 g/mol. The predicted octanol–water partition coefficient (Wildman–Crippen LogP) is 1.51. The molecule has 1 N–H and O–H groups in total. The van der Waals surface area contributed by atoms with Crippen LogP contribution in [0, 0.1) is 5.92 Å². The highest BCUT2D eigenvalue weighted by molar-refractivity contribution is 7.99. The first-order chi connectivity index (χ1) is 4.29. The molecule has 2 heteroatoms. The van der Waals surface area contributed by atoms with E-state index in [9.17, 15) is 0 Å². The molecule has 0 amide bonds. The molecule has 1 rings (SSSR count). The van der Waals surface area contributed by atoms with E-state index in [1.54, 1.807) is 0 Å². The second-order valence-corrected chi connectivity index (χ2v) is 3.96. The Hall–Kier alpha value is 0.310. The van der Waals surface area contributed by atoms with E-state index in [1.807, 2.05) is 18.7 Å². The van der Waals surface area contributed by atoms with Gasteiger partial charge in [0.15, 0.2) is 0 Å². The van der Waals surface area contributed by atoms with Gasteiger partial charge in [-0.2, -0.15) is 11.8 Å². The predicted molar refractivity (Wildman–Crippen MR) is 41.7 cm³/mol. The van der Waals surface area contributed by atoms with Crippen LogP contribution in [0.4, 0.5) is 0 Å². The van der Waals surface area contributed by atoms with Gasteiger partial charge in [-0.25, -0.2) is 0 Å². The van der Waals surface area contributed by atoms with E-state index in [4.69, 9.17) is 5.11 Å². The van der Waals surface area contributed by atoms with Crippen LogP contribution in [0.25, 0.3) is 0 Å². The van der Waals surface area contributed by atoms with E-state index < -0.39 is 0 Å². The number of aliphatic hydroxyl groups is 1. The summed E-state index contributed by atoms with van der Waals surface area (Å²) in [5.74, 6) is 3.37. The minimum atomic E-state index is -0.0892. The minimum absolute atomic E-state index is 0.0892. The highest BCUT2D eigenvalue weighted by Crippen LogP contribution is 2.26. The summed E-state index contributed by atoms with van der Waals surface area (Å²) in [6, 6.07) is 0. The molecule has 0 aromatic heterocycles. The first-order valence-electron chi connectivity index (χ1n) is 3.55. The maximum absolute atomic E-state index is 9.00. The van der Waals surface area contributed by atoms with Crippen molar-refractivity contribution in [1.29, 1.82) is 0 Å². The fraction of sp³-hybridized carbons (Fsp3) is 1.00. The van der Waals surface area contributed by atoms with E-state index in [1.165, 1.54) is 17.9 Å². The lowest BCUT2D eigenvalue weighted by Gasteiger charge is -2.08. The number of hydrogen-bond donors (Lipinski definition) is 1. The van der Waals surface area contributed by atoms with Crippen molar-refractivity contribution in [2.75, 3.05) is 11.5 Å². The smallest absolute Gasteiger partial charge is 0.0515 e. The molecular formula is C7H14OS. The highest BCUT2D eigenvalue weighted by Gasteiger charge is 2.16. The molecule has 1 aliphatic rings. The normalized spacial score (nSPS) is 30.7. The Balaban J connectivity index is 2.11. The van der Waals surface area contributed by atoms with Gasteiger partial charge in [-0.1, -0.05) is 0 Å². The fourth-order valence-corrected chi connectivity index (χ4v) is 2.55. The van der Waals surface area contributed by atoms with Gasteiger partial charge in [-0.05, 0) is 37.2 Å². The zero-order chi connectivity index (χ0) is 6.69. The molecule has 0 aromatic carbocycles. The summed E-state index contributed by atoms with van der Waals surface area (Å²) >= 11 is 2.01. The van der Waals surface area contributed by atoms with Crippen molar-refractivity contribution >= 4 is 11.8 Å². The molecule has 1 heterocycles. The van der Waals surface area contributed by atoms with Crippen molar-refractivity contribution in [3.63, 3.8) is 0 Å². The summed E-state index contributed by atoms with van der Waals surface area (Å²) < 4.78 is 0. The van der Waals surface area contributed by atoms with Crippen LogP contribution < -0.4 is 0 Å². The minimum Gasteiger partial charge on any atom is -0.393 e. The van der Waals surface area contributed by atoms with Crippen molar-refractivity contribution in [1.82, 2.24) is 0 Å². The summed E-state index contributed by atoms with van der Waals surface area (Å²) in [6.45, 7) is 1.88. The van der Waals surface area contributed by atoms with Gasteiger partial charge in [-0.15, -0.1) is 0 Å². The molecule has 1 unspecified atom stereocenters. The first kappa shape index (κ1) is 7.42. The summed E-state index contributed by atoms with van der Waals surface area (Å²) in [7, 11) is 0. The number of rotatable bonds is 2. The van der Waals surface area contributed by atoms with E-state index in [-0.39, 0.29) is 6.10 Å². The molecule has 1 saturated heterocycles. The summed E-state index contributed by atoms with van der Waals surface area (Å²) in [4.78, 5) is 0. The molecule has 0 aromatic rings. The van der Waals surface area contributed by atoms with E-state index in [0.717, 1.165) is 12.3 Å². The first-order valence-corrected chi connectivity index (χ1v) is 4.70. The van der Waals surface area contributed by atoms with Gasteiger partial charge in [0, 0.05) is 0 Å². The average Bonchev–Trinajstić information content (AvgIpc) is 2.15. The Morgan fingerprint density at radius 1 is 1.78 bits per heavy atom. The third-order valence-corrected chi connectivity index (χ3v) is 2.93. The monoisotopic (exact) mass is 146 g/mol. The van der Waals surface area contributed by atoms with Gasteiger partial charge in [0.05, 0.1) is 6.10 Å². The molecule has 1 aliphatic heterocycles. The quantitative estimate of drug-likeness (QED) is 0.637. The molecule has 2 atom stereocenters. The summed E-state index contributed by atoms with van der Waals surface area (Å²) in [5.41, 5.74) is 0. The van der Waals surface area contributed by atoms with Crippen molar-refractivity contribution in [3.8, 4) is 0 Å². The zero-order valence-corrected chi connectivity index (χ0v) is 6.66. The lowest BCUT2D eigenvalue weighted by molar-refractivity contribution is 0.165. The fourth-order valence-electron chi connectivity index (χ4n) is 1.25. The maximum Gasteiger partial charge on any atom is 0.0515 e. The van der Waals surface area contributed by atoms with Crippen LogP contribution in [0.2, 0.25) is 0 Å². The summed E-state index contributed by atoms with van der Waals surface area (Å²) in [6.07, 6.45) is 2.23. The molecule has 0 radical (unpaired) electrons. The number of hydrogen-bond acceptors (Lipinski definition) is 2. The Kier molecular flexibility index (Phi) is 2.86. The van der Waals surface area contributed by atoms with Gasteiger partial charge >= 0.3 is 0 Å². The lowest BCUT2D eigenvalue weighted by atomic mass is 10.0. The highest BCUT2D eigenvalue weighted by atomic mass is 32.2. The molecule has 0 saturated carbocycles. The van der Waals surface area contributed by atoms with Crippen molar-refractivity contribution in [2.45, 2.75) is 25.9 Å². The van der Waals surface area contributed by atoms with Crippen LogP contribution in [0.5, 0.6) is 0 Å². The Morgan fingerprint density at radius 2 is 2.56 bits per heavy atom. The Bertz CT molecular complexity index is 77.0. The molecule has 9 heavy (non-hydrogen) atoms. The van der Waals surface area contributed by atoms with Crippen LogP contribution in [0.15, 0.2) is 0 Å². The SMILES string of the molecule is C[C@@H](O)CC1CCSC1. The van der Waals surface area contributed by atoms with Crippen LogP contribution >= 0.6 is 11.8 Å². The zero-order valence-electron chi connectivity index (χ0n) is 5.84. The van der Waals surface area contributed by atoms with Crippen molar-refractivity contribution in [2.24, 2.45) is 5.92 Å². The number of aliphatic hydroxyl groups excluding tert-OH is 1. The van der Waals surface area contributed by atoms with Gasteiger partial charge in [0.25, 0.3) is 0 Å². The van der Waals surface area contributed by atoms with Gasteiger partial charge in [0.1, 0.15) is 0 Å². The molecule has 1 nitrogen and oxygen atoms in total. The lowest BCUT2D eigenvalue weighted by Crippen LogP contribution is -2.08. The molecular weight excluding hydrogens is 132 g/mol. The second kappa shape index (κ2) is 3.47. The molecule has 1 fully saturated rings. The van der Waals surface area contributed by atoms with Crippen LogP contribution in [-0.4, -0.2) is 22.7 Å². The van der Waals surface area contributed by atoms with Crippen molar-refractivity contribution < 1.29 is 5.11 Å².